The number of amides is 1. The molecule has 5 rings (SSSR count). The molecule has 0 fully saturated rings. The van der Waals surface area contributed by atoms with Crippen LogP contribution in [0.4, 0.5) is 5.13 Å². The van der Waals surface area contributed by atoms with E-state index in [-0.39, 0.29) is 11.7 Å². The fraction of sp³-hybridized carbons (Fsp3) is 0.111. The summed E-state index contributed by atoms with van der Waals surface area (Å²) in [7, 11) is 0. The minimum Gasteiger partial charge on any atom is -0.301 e. The second-order valence-electron chi connectivity index (χ2n) is 8.19. The summed E-state index contributed by atoms with van der Waals surface area (Å²) in [6, 6.07) is 23.4. The first kappa shape index (κ1) is 25.5. The molecule has 6 nitrogen and oxygen atoms in total. The summed E-state index contributed by atoms with van der Waals surface area (Å²) in [6.07, 6.45) is 2.27. The lowest BCUT2D eigenvalue weighted by Crippen LogP contribution is -2.14. The van der Waals surface area contributed by atoms with Gasteiger partial charge in [-0.1, -0.05) is 83.5 Å². The highest BCUT2D eigenvalue weighted by atomic mass is 35.5. The number of nitrogens with one attached hydrogen (secondary N) is 1. The number of hydrogen-bond donors (Lipinski definition) is 1. The van der Waals surface area contributed by atoms with E-state index in [1.54, 1.807) is 6.20 Å². The Bertz CT molecular complexity index is 1530. The normalized spacial score (nSPS) is 11.0. The Kier molecular flexibility index (Phi) is 7.90. The molecule has 1 amide bonds. The monoisotopic (exact) mass is 565 g/mol. The lowest BCUT2D eigenvalue weighted by atomic mass is 10.1. The molecule has 0 saturated carbocycles. The first-order valence-electron chi connectivity index (χ1n) is 11.4. The third-order valence-corrected chi connectivity index (χ3v) is 8.02. The molecule has 10 heteroatoms. The Morgan fingerprint density at radius 3 is 2.51 bits per heavy atom. The van der Waals surface area contributed by atoms with Crippen LogP contribution in [-0.2, 0) is 11.2 Å². The molecule has 1 N–H and O–H groups in total. The fourth-order valence-corrected chi connectivity index (χ4v) is 5.87. The Morgan fingerprint density at radius 1 is 1.00 bits per heavy atom. The third-order valence-electron chi connectivity index (χ3n) is 5.47. The number of rotatable bonds is 8. The number of halogens is 2. The molecule has 0 radical (unpaired) electrons. The summed E-state index contributed by atoms with van der Waals surface area (Å²) in [5, 5.41) is 14.1. The number of anilines is 1. The molecule has 0 aliphatic heterocycles. The van der Waals surface area contributed by atoms with E-state index in [4.69, 9.17) is 23.2 Å². The van der Waals surface area contributed by atoms with Gasteiger partial charge in [0.25, 0.3) is 0 Å². The van der Waals surface area contributed by atoms with Crippen molar-refractivity contribution in [3.63, 3.8) is 0 Å². The molecule has 0 saturated heterocycles. The van der Waals surface area contributed by atoms with Crippen LogP contribution in [0, 0.1) is 6.92 Å². The van der Waals surface area contributed by atoms with Gasteiger partial charge in [0.1, 0.15) is 0 Å². The van der Waals surface area contributed by atoms with Crippen molar-refractivity contribution < 1.29 is 4.79 Å². The molecule has 0 aliphatic rings. The quantitative estimate of drug-likeness (QED) is 0.199. The summed E-state index contributed by atoms with van der Waals surface area (Å²) in [5.74, 6) is 0.697. The van der Waals surface area contributed by atoms with E-state index < -0.39 is 0 Å². The maximum absolute atomic E-state index is 12.8. The van der Waals surface area contributed by atoms with Gasteiger partial charge < -0.3 is 5.32 Å². The van der Waals surface area contributed by atoms with Crippen molar-refractivity contribution in [3.8, 4) is 17.1 Å². The van der Waals surface area contributed by atoms with Crippen LogP contribution >= 0.6 is 46.3 Å². The molecule has 0 bridgehead atoms. The number of nitrogens with zero attached hydrogens (tertiary/aromatic N) is 4. The predicted octanol–water partition coefficient (Wildman–Crippen LogP) is 7.33. The van der Waals surface area contributed by atoms with Crippen LogP contribution < -0.4 is 5.32 Å². The second-order valence-corrected chi connectivity index (χ2v) is 11.1. The van der Waals surface area contributed by atoms with Gasteiger partial charge in [-0.3, -0.25) is 9.36 Å². The highest BCUT2D eigenvalue weighted by Crippen LogP contribution is 2.31. The molecule has 2 heterocycles. The summed E-state index contributed by atoms with van der Waals surface area (Å²) >= 11 is 15.3. The van der Waals surface area contributed by atoms with Crippen molar-refractivity contribution in [2.75, 3.05) is 11.1 Å². The Morgan fingerprint density at radius 2 is 1.76 bits per heavy atom. The van der Waals surface area contributed by atoms with Crippen molar-refractivity contribution in [2.24, 2.45) is 0 Å². The van der Waals surface area contributed by atoms with Gasteiger partial charge in [0, 0.05) is 38.8 Å². The minimum atomic E-state index is -0.179. The number of carbonyl (C=O) groups excluding carboxylic acids is 1. The van der Waals surface area contributed by atoms with Gasteiger partial charge in [0.2, 0.25) is 5.91 Å². The predicted molar refractivity (Wildman–Crippen MR) is 152 cm³/mol. The number of thiazole rings is 1. The number of aryl methyl sites for hydroxylation is 1. The highest BCUT2D eigenvalue weighted by molar-refractivity contribution is 7.99. The van der Waals surface area contributed by atoms with Crippen LogP contribution in [0.2, 0.25) is 10.0 Å². The van der Waals surface area contributed by atoms with Crippen LogP contribution in [0.15, 0.2) is 84.1 Å². The van der Waals surface area contributed by atoms with E-state index >= 15 is 0 Å². The number of hydrogen-bond acceptors (Lipinski definition) is 6. The number of benzene rings is 3. The van der Waals surface area contributed by atoms with Crippen molar-refractivity contribution in [1.82, 2.24) is 19.7 Å². The van der Waals surface area contributed by atoms with Gasteiger partial charge >= 0.3 is 0 Å². The molecular weight excluding hydrogens is 545 g/mol. The summed E-state index contributed by atoms with van der Waals surface area (Å²) in [4.78, 5) is 18.1. The Balaban J connectivity index is 1.30. The van der Waals surface area contributed by atoms with Gasteiger partial charge in [0.05, 0.1) is 5.75 Å². The minimum absolute atomic E-state index is 0.157. The molecular formula is C27H21Cl2N5OS2. The maximum atomic E-state index is 12.8. The number of thioether (sulfide) groups is 1. The van der Waals surface area contributed by atoms with Crippen LogP contribution in [0.5, 0.6) is 0 Å². The highest BCUT2D eigenvalue weighted by Gasteiger charge is 2.18. The molecule has 3 aromatic carbocycles. The second kappa shape index (κ2) is 11.5. The van der Waals surface area contributed by atoms with Crippen molar-refractivity contribution in [3.05, 3.63) is 105 Å². The SMILES string of the molecule is Cc1cccc(-n2c(SCC(=O)Nc3ncc(Cc4c(Cl)cccc4Cl)s3)nnc2-c2ccccc2)c1. The average molecular weight is 567 g/mol. The molecule has 0 atom stereocenters. The molecule has 0 aliphatic carbocycles. The Labute approximate surface area is 232 Å². The largest absolute Gasteiger partial charge is 0.301 e. The summed E-state index contributed by atoms with van der Waals surface area (Å²) in [5.41, 5.74) is 3.85. The van der Waals surface area contributed by atoms with Crippen LogP contribution in [-0.4, -0.2) is 31.4 Å². The van der Waals surface area contributed by atoms with Gasteiger partial charge in [0.15, 0.2) is 16.1 Å². The van der Waals surface area contributed by atoms with E-state index in [0.717, 1.165) is 33.1 Å². The van der Waals surface area contributed by atoms with Gasteiger partial charge in [-0.2, -0.15) is 0 Å². The maximum Gasteiger partial charge on any atom is 0.236 e. The van der Waals surface area contributed by atoms with Crippen LogP contribution in [0.25, 0.3) is 17.1 Å². The molecule has 186 valence electrons. The van der Waals surface area contributed by atoms with Gasteiger partial charge in [-0.25, -0.2) is 4.98 Å². The molecule has 2 aromatic heterocycles. The number of aromatic nitrogens is 4. The molecule has 37 heavy (non-hydrogen) atoms. The van der Waals surface area contributed by atoms with E-state index in [0.29, 0.717) is 26.8 Å². The van der Waals surface area contributed by atoms with Gasteiger partial charge in [-0.15, -0.1) is 21.5 Å². The first-order valence-corrected chi connectivity index (χ1v) is 13.9. The lowest BCUT2D eigenvalue weighted by molar-refractivity contribution is -0.113. The summed E-state index contributed by atoms with van der Waals surface area (Å²) in [6.45, 7) is 2.04. The Hall–Kier alpha value is -3.17. The van der Waals surface area contributed by atoms with E-state index in [9.17, 15) is 4.79 Å². The zero-order valence-corrected chi connectivity index (χ0v) is 22.8. The topological polar surface area (TPSA) is 72.7 Å². The zero-order valence-electron chi connectivity index (χ0n) is 19.7. The summed E-state index contributed by atoms with van der Waals surface area (Å²) < 4.78 is 1.98. The van der Waals surface area contributed by atoms with E-state index in [2.05, 4.69) is 26.6 Å². The molecule has 0 spiro atoms. The van der Waals surface area contributed by atoms with E-state index in [1.165, 1.54) is 23.1 Å². The van der Waals surface area contributed by atoms with Crippen LogP contribution in [0.3, 0.4) is 0 Å². The third kappa shape index (κ3) is 6.05. The first-order chi connectivity index (χ1) is 18.0. The van der Waals surface area contributed by atoms with Crippen molar-refractivity contribution in [1.29, 1.82) is 0 Å². The van der Waals surface area contributed by atoms with E-state index in [1.807, 2.05) is 78.2 Å². The van der Waals surface area contributed by atoms with Crippen LogP contribution in [0.1, 0.15) is 16.0 Å². The lowest BCUT2D eigenvalue weighted by Gasteiger charge is -2.11. The molecule has 0 unspecified atom stereocenters. The average Bonchev–Trinajstić information content (AvgIpc) is 3.52. The van der Waals surface area contributed by atoms with Gasteiger partial charge in [-0.05, 0) is 42.3 Å². The smallest absolute Gasteiger partial charge is 0.236 e. The number of carbonyl (C=O) groups is 1. The fourth-order valence-electron chi connectivity index (χ4n) is 3.75. The molecule has 5 aromatic rings. The zero-order chi connectivity index (χ0) is 25.8. The standard InChI is InChI=1S/C27H21Cl2N5OS2/c1-17-7-5-10-19(13-17)34-25(18-8-3-2-4-9-18)32-33-27(34)36-16-24(35)31-26-30-15-20(37-26)14-21-22(28)11-6-12-23(21)29/h2-13,15H,14,16H2,1H3,(H,30,31,35). The van der Waals surface area contributed by atoms with Crippen molar-refractivity contribution >= 4 is 57.3 Å². The van der Waals surface area contributed by atoms with Crippen molar-refractivity contribution in [2.45, 2.75) is 18.5 Å².